The van der Waals surface area contributed by atoms with E-state index in [-0.39, 0.29) is 24.5 Å². The molecular formula is C15H14F3NO5. The predicted octanol–water partition coefficient (Wildman–Crippen LogP) is 1.94. The summed E-state index contributed by atoms with van der Waals surface area (Å²) < 4.78 is 50.4. The largest absolute Gasteiger partial charge is 0.486 e. The van der Waals surface area contributed by atoms with Crippen LogP contribution < -0.4 is 9.47 Å². The van der Waals surface area contributed by atoms with E-state index in [2.05, 4.69) is 0 Å². The first kappa shape index (κ1) is 16.4. The summed E-state index contributed by atoms with van der Waals surface area (Å²) >= 11 is 0. The van der Waals surface area contributed by atoms with Crippen LogP contribution in [0.1, 0.15) is 16.8 Å². The number of hydrogen-bond donors (Lipinski definition) is 1. The Labute approximate surface area is 134 Å². The zero-order valence-corrected chi connectivity index (χ0v) is 12.4. The van der Waals surface area contributed by atoms with Gasteiger partial charge in [-0.25, -0.2) is 0 Å². The van der Waals surface area contributed by atoms with E-state index in [1.165, 1.54) is 12.1 Å². The standard InChI is InChI=1S/C15H14F3NO5/c16-15(17,18)14(13(21)22)4-5-19(8-14)12(20)9-2-1-3-10-11(9)24-7-6-23-10/h1-3H,4-8H2,(H,21,22). The van der Waals surface area contributed by atoms with Crippen molar-refractivity contribution >= 4 is 11.9 Å². The first-order valence-corrected chi connectivity index (χ1v) is 7.24. The van der Waals surface area contributed by atoms with Crippen molar-refractivity contribution in [3.8, 4) is 11.5 Å². The SMILES string of the molecule is O=C(c1cccc2c1OCCO2)N1CCC(C(=O)O)(C(F)(F)F)C1. The van der Waals surface area contributed by atoms with Crippen LogP contribution >= 0.6 is 0 Å². The van der Waals surface area contributed by atoms with Crippen molar-refractivity contribution in [2.75, 3.05) is 26.3 Å². The van der Waals surface area contributed by atoms with Gasteiger partial charge in [0.05, 0.1) is 5.56 Å². The van der Waals surface area contributed by atoms with E-state index in [4.69, 9.17) is 14.6 Å². The molecule has 0 aliphatic carbocycles. The zero-order chi connectivity index (χ0) is 17.5. The molecule has 1 saturated heterocycles. The van der Waals surface area contributed by atoms with Crippen LogP contribution in [0.15, 0.2) is 18.2 Å². The van der Waals surface area contributed by atoms with E-state index in [0.717, 1.165) is 4.90 Å². The molecular weight excluding hydrogens is 331 g/mol. The first-order valence-electron chi connectivity index (χ1n) is 7.24. The number of hydrogen-bond acceptors (Lipinski definition) is 4. The Balaban J connectivity index is 1.89. The number of benzene rings is 1. The lowest BCUT2D eigenvalue weighted by Gasteiger charge is -2.27. The number of rotatable bonds is 2. The Kier molecular flexibility index (Phi) is 3.81. The second kappa shape index (κ2) is 5.57. The number of ether oxygens (including phenoxy) is 2. The molecule has 1 atom stereocenters. The summed E-state index contributed by atoms with van der Waals surface area (Å²) in [5.41, 5.74) is -2.87. The first-order chi connectivity index (χ1) is 11.3. The van der Waals surface area contributed by atoms with E-state index in [1.807, 2.05) is 0 Å². The number of para-hydroxylation sites is 1. The highest BCUT2D eigenvalue weighted by molar-refractivity contribution is 5.98. The third kappa shape index (κ3) is 2.44. The van der Waals surface area contributed by atoms with E-state index >= 15 is 0 Å². The molecule has 2 aliphatic rings. The molecule has 0 radical (unpaired) electrons. The molecule has 0 bridgehead atoms. The molecule has 2 aliphatic heterocycles. The summed E-state index contributed by atoms with van der Waals surface area (Å²) in [6, 6.07) is 4.54. The fourth-order valence-electron chi connectivity index (χ4n) is 2.92. The van der Waals surface area contributed by atoms with Gasteiger partial charge in [-0.05, 0) is 18.6 Å². The molecule has 1 amide bonds. The van der Waals surface area contributed by atoms with Crippen LogP contribution in [0.5, 0.6) is 11.5 Å². The number of carbonyl (C=O) groups excluding carboxylic acids is 1. The summed E-state index contributed by atoms with van der Waals surface area (Å²) in [6.45, 7) is -0.687. The summed E-state index contributed by atoms with van der Waals surface area (Å²) in [7, 11) is 0. The topological polar surface area (TPSA) is 76.1 Å². The lowest BCUT2D eigenvalue weighted by atomic mass is 9.86. The van der Waals surface area contributed by atoms with Crippen molar-refractivity contribution in [3.05, 3.63) is 23.8 Å². The number of fused-ring (bicyclic) bond motifs is 1. The van der Waals surface area contributed by atoms with Gasteiger partial charge < -0.3 is 19.5 Å². The summed E-state index contributed by atoms with van der Waals surface area (Å²) in [5, 5.41) is 9.06. The fourth-order valence-corrected chi connectivity index (χ4v) is 2.92. The van der Waals surface area contributed by atoms with Crippen molar-refractivity contribution in [1.29, 1.82) is 0 Å². The minimum atomic E-state index is -4.94. The Hall–Kier alpha value is -2.45. The van der Waals surface area contributed by atoms with Crippen LogP contribution in [0, 0.1) is 5.41 Å². The molecule has 1 aromatic rings. The van der Waals surface area contributed by atoms with Gasteiger partial charge in [-0.2, -0.15) is 13.2 Å². The number of halogens is 3. The second-order valence-electron chi connectivity index (χ2n) is 5.69. The number of nitrogens with zero attached hydrogens (tertiary/aromatic N) is 1. The van der Waals surface area contributed by atoms with Gasteiger partial charge in [0.25, 0.3) is 5.91 Å². The van der Waals surface area contributed by atoms with Crippen LogP contribution in [0.4, 0.5) is 13.2 Å². The fraction of sp³-hybridized carbons (Fsp3) is 0.467. The molecule has 1 aromatic carbocycles. The lowest BCUT2D eigenvalue weighted by Crippen LogP contribution is -2.47. The Morgan fingerprint density at radius 3 is 2.54 bits per heavy atom. The van der Waals surface area contributed by atoms with Crippen molar-refractivity contribution in [2.45, 2.75) is 12.6 Å². The maximum Gasteiger partial charge on any atom is 0.406 e. The quantitative estimate of drug-likeness (QED) is 0.886. The van der Waals surface area contributed by atoms with Gasteiger partial charge in [0.2, 0.25) is 0 Å². The van der Waals surface area contributed by atoms with Gasteiger partial charge in [0, 0.05) is 13.1 Å². The van der Waals surface area contributed by atoms with E-state index in [0.29, 0.717) is 12.4 Å². The number of carboxylic acids is 1. The van der Waals surface area contributed by atoms with Crippen LogP contribution in [0.25, 0.3) is 0 Å². The molecule has 24 heavy (non-hydrogen) atoms. The third-order valence-corrected chi connectivity index (χ3v) is 4.31. The van der Waals surface area contributed by atoms with Crippen LogP contribution in [0.3, 0.4) is 0 Å². The van der Waals surface area contributed by atoms with Crippen molar-refractivity contribution in [1.82, 2.24) is 4.90 Å². The van der Waals surface area contributed by atoms with Crippen LogP contribution in [-0.4, -0.2) is 54.4 Å². The minimum absolute atomic E-state index is 0.0653. The Bertz CT molecular complexity index is 690. The van der Waals surface area contributed by atoms with Crippen molar-refractivity contribution in [2.24, 2.45) is 5.41 Å². The number of alkyl halides is 3. The van der Waals surface area contributed by atoms with Crippen LogP contribution in [-0.2, 0) is 4.79 Å². The molecule has 0 saturated carbocycles. The van der Waals surface area contributed by atoms with Gasteiger partial charge in [0.1, 0.15) is 13.2 Å². The normalized spacial score (nSPS) is 23.2. The summed E-state index contributed by atoms with van der Waals surface area (Å²) in [6.07, 6.45) is -5.62. The maximum absolute atomic E-state index is 13.2. The van der Waals surface area contributed by atoms with Gasteiger partial charge in [-0.3, -0.25) is 9.59 Å². The van der Waals surface area contributed by atoms with E-state index < -0.39 is 36.4 Å². The molecule has 130 valence electrons. The number of carbonyl (C=O) groups is 2. The average molecular weight is 345 g/mol. The predicted molar refractivity (Wildman–Crippen MR) is 74.1 cm³/mol. The zero-order valence-electron chi connectivity index (χ0n) is 12.4. The Morgan fingerprint density at radius 1 is 1.21 bits per heavy atom. The van der Waals surface area contributed by atoms with Gasteiger partial charge in [-0.1, -0.05) is 6.07 Å². The molecule has 0 aromatic heterocycles. The number of likely N-dealkylation sites (tertiary alicyclic amines) is 1. The highest BCUT2D eigenvalue weighted by Gasteiger charge is 2.64. The van der Waals surface area contributed by atoms with Crippen molar-refractivity contribution in [3.63, 3.8) is 0 Å². The molecule has 6 nitrogen and oxygen atoms in total. The van der Waals surface area contributed by atoms with Gasteiger partial charge in [0.15, 0.2) is 16.9 Å². The van der Waals surface area contributed by atoms with Crippen molar-refractivity contribution < 1.29 is 37.3 Å². The van der Waals surface area contributed by atoms with Gasteiger partial charge in [-0.15, -0.1) is 0 Å². The molecule has 9 heteroatoms. The number of amides is 1. The minimum Gasteiger partial charge on any atom is -0.486 e. The Morgan fingerprint density at radius 2 is 1.92 bits per heavy atom. The molecule has 1 unspecified atom stereocenters. The molecule has 2 heterocycles. The van der Waals surface area contributed by atoms with E-state index in [1.54, 1.807) is 6.07 Å². The summed E-state index contributed by atoms with van der Waals surface area (Å²) in [5.74, 6) is -2.16. The average Bonchev–Trinajstić information content (AvgIpc) is 3.00. The third-order valence-electron chi connectivity index (χ3n) is 4.31. The highest BCUT2D eigenvalue weighted by atomic mass is 19.4. The molecule has 3 rings (SSSR count). The van der Waals surface area contributed by atoms with Gasteiger partial charge >= 0.3 is 12.1 Å². The van der Waals surface area contributed by atoms with Crippen LogP contribution in [0.2, 0.25) is 0 Å². The smallest absolute Gasteiger partial charge is 0.406 e. The second-order valence-corrected chi connectivity index (χ2v) is 5.69. The number of aliphatic carboxylic acids is 1. The monoisotopic (exact) mass is 345 g/mol. The molecule has 1 N–H and O–H groups in total. The summed E-state index contributed by atoms with van der Waals surface area (Å²) in [4.78, 5) is 24.7. The molecule has 1 fully saturated rings. The molecule has 0 spiro atoms. The van der Waals surface area contributed by atoms with E-state index in [9.17, 15) is 22.8 Å². The maximum atomic E-state index is 13.2. The number of carboxylic acid groups (broad SMARTS) is 1. The highest BCUT2D eigenvalue weighted by Crippen LogP contribution is 2.46. The lowest BCUT2D eigenvalue weighted by molar-refractivity contribution is -0.227.